The Morgan fingerprint density at radius 2 is 2.08 bits per heavy atom. The third kappa shape index (κ3) is 3.00. The SMILES string of the molecule is Cc1[nH]nc2[nH]c(=O)cc(C3CCC(CC(=O)N4CC(C#N)C4)CC3)c12. The first-order chi connectivity index (χ1) is 12.5. The standard InChI is InChI=1S/C19H23N5O2/c1-11-18-15(7-16(25)21-19(18)23-22-11)14-4-2-12(3-5-14)6-17(26)24-9-13(8-20)10-24/h7,12-14H,2-6,9-10H2,1H3,(H2,21,22,23,25). The van der Waals surface area contributed by atoms with Crippen molar-refractivity contribution in [3.8, 4) is 6.07 Å². The van der Waals surface area contributed by atoms with E-state index in [9.17, 15) is 9.59 Å². The molecular weight excluding hydrogens is 330 g/mol. The van der Waals surface area contributed by atoms with Crippen LogP contribution in [0.4, 0.5) is 0 Å². The van der Waals surface area contributed by atoms with E-state index in [0.29, 0.717) is 37.0 Å². The molecule has 2 aliphatic rings. The van der Waals surface area contributed by atoms with Gasteiger partial charge in [-0.25, -0.2) is 0 Å². The molecule has 0 atom stereocenters. The van der Waals surface area contributed by atoms with Crippen molar-refractivity contribution in [3.05, 3.63) is 27.7 Å². The van der Waals surface area contributed by atoms with Gasteiger partial charge in [-0.2, -0.15) is 10.4 Å². The van der Waals surface area contributed by atoms with Crippen molar-refractivity contribution < 1.29 is 4.79 Å². The average molecular weight is 353 g/mol. The van der Waals surface area contributed by atoms with Crippen LogP contribution in [-0.4, -0.2) is 39.1 Å². The number of hydrogen-bond acceptors (Lipinski definition) is 4. The maximum absolute atomic E-state index is 12.3. The Hall–Kier alpha value is -2.62. The Bertz CT molecular complexity index is 924. The third-order valence-corrected chi connectivity index (χ3v) is 5.93. The van der Waals surface area contributed by atoms with Gasteiger partial charge in [-0.1, -0.05) is 0 Å². The minimum absolute atomic E-state index is 0.0199. The Morgan fingerprint density at radius 3 is 2.77 bits per heavy atom. The molecule has 1 aliphatic carbocycles. The summed E-state index contributed by atoms with van der Waals surface area (Å²) in [4.78, 5) is 28.8. The highest BCUT2D eigenvalue weighted by molar-refractivity contribution is 5.82. The van der Waals surface area contributed by atoms with Crippen LogP contribution in [0.25, 0.3) is 11.0 Å². The number of nitrogens with one attached hydrogen (secondary N) is 2. The second-order valence-electron chi connectivity index (χ2n) is 7.71. The maximum Gasteiger partial charge on any atom is 0.249 e. The van der Waals surface area contributed by atoms with Crippen LogP contribution >= 0.6 is 0 Å². The summed E-state index contributed by atoms with van der Waals surface area (Å²) in [5.41, 5.74) is 2.58. The highest BCUT2D eigenvalue weighted by atomic mass is 16.2. The molecular formula is C19H23N5O2. The molecule has 136 valence electrons. The van der Waals surface area contributed by atoms with Crippen LogP contribution in [-0.2, 0) is 4.79 Å². The van der Waals surface area contributed by atoms with Crippen molar-refractivity contribution in [3.63, 3.8) is 0 Å². The highest BCUT2D eigenvalue weighted by Crippen LogP contribution is 2.39. The van der Waals surface area contributed by atoms with E-state index in [1.807, 2.05) is 6.92 Å². The molecule has 0 radical (unpaired) electrons. The van der Waals surface area contributed by atoms with E-state index in [2.05, 4.69) is 21.3 Å². The number of carbonyl (C=O) groups is 1. The fraction of sp³-hybridized carbons (Fsp3) is 0.579. The van der Waals surface area contributed by atoms with E-state index in [1.54, 1.807) is 11.0 Å². The first kappa shape index (κ1) is 16.8. The first-order valence-corrected chi connectivity index (χ1v) is 9.30. The van der Waals surface area contributed by atoms with Crippen LogP contribution in [0.15, 0.2) is 10.9 Å². The van der Waals surface area contributed by atoms with Gasteiger partial charge < -0.3 is 9.88 Å². The van der Waals surface area contributed by atoms with Crippen LogP contribution in [0.2, 0.25) is 0 Å². The second kappa shape index (κ2) is 6.60. The lowest BCUT2D eigenvalue weighted by Gasteiger charge is -2.37. The largest absolute Gasteiger partial charge is 0.340 e. The lowest BCUT2D eigenvalue weighted by atomic mass is 9.76. The summed E-state index contributed by atoms with van der Waals surface area (Å²) in [5.74, 6) is 0.952. The summed E-state index contributed by atoms with van der Waals surface area (Å²) in [6.07, 6.45) is 4.55. The number of amides is 1. The van der Waals surface area contributed by atoms with Crippen molar-refractivity contribution >= 4 is 16.9 Å². The number of rotatable bonds is 3. The minimum Gasteiger partial charge on any atom is -0.340 e. The summed E-state index contributed by atoms with van der Waals surface area (Å²) in [6, 6.07) is 3.92. The molecule has 2 N–H and O–H groups in total. The number of carbonyl (C=O) groups excluding carboxylic acids is 1. The summed E-state index contributed by atoms with van der Waals surface area (Å²) in [5, 5.41) is 17.0. The minimum atomic E-state index is -0.110. The van der Waals surface area contributed by atoms with Gasteiger partial charge in [0.25, 0.3) is 0 Å². The van der Waals surface area contributed by atoms with E-state index >= 15 is 0 Å². The quantitative estimate of drug-likeness (QED) is 0.882. The van der Waals surface area contributed by atoms with Crippen molar-refractivity contribution in [2.75, 3.05) is 13.1 Å². The van der Waals surface area contributed by atoms with Crippen LogP contribution in [0.3, 0.4) is 0 Å². The lowest BCUT2D eigenvalue weighted by molar-refractivity contribution is -0.137. The lowest BCUT2D eigenvalue weighted by Crippen LogP contribution is -2.49. The molecule has 0 unspecified atom stereocenters. The number of nitrogens with zero attached hydrogens (tertiary/aromatic N) is 3. The summed E-state index contributed by atoms with van der Waals surface area (Å²) in [6.45, 7) is 3.16. The molecule has 0 spiro atoms. The van der Waals surface area contributed by atoms with Gasteiger partial charge in [-0.15, -0.1) is 0 Å². The molecule has 2 aromatic heterocycles. The van der Waals surface area contributed by atoms with Gasteiger partial charge in [-0.3, -0.25) is 14.7 Å². The van der Waals surface area contributed by atoms with Gasteiger partial charge in [0.15, 0.2) is 5.65 Å². The van der Waals surface area contributed by atoms with Crippen LogP contribution in [0.1, 0.15) is 49.3 Å². The number of fused-ring (bicyclic) bond motifs is 1. The number of aromatic nitrogens is 3. The number of hydrogen-bond donors (Lipinski definition) is 2. The second-order valence-corrected chi connectivity index (χ2v) is 7.71. The topological polar surface area (TPSA) is 106 Å². The molecule has 0 bridgehead atoms. The highest BCUT2D eigenvalue weighted by Gasteiger charge is 2.33. The predicted octanol–water partition coefficient (Wildman–Crippen LogP) is 2.21. The first-order valence-electron chi connectivity index (χ1n) is 9.30. The molecule has 2 fully saturated rings. The molecule has 4 rings (SSSR count). The van der Waals surface area contributed by atoms with Crippen molar-refractivity contribution in [1.82, 2.24) is 20.1 Å². The van der Waals surface area contributed by atoms with Crippen LogP contribution < -0.4 is 5.56 Å². The summed E-state index contributed by atoms with van der Waals surface area (Å²) < 4.78 is 0. The molecule has 1 saturated heterocycles. The Labute approximate surface area is 151 Å². The molecule has 7 heteroatoms. The number of H-pyrrole nitrogens is 2. The molecule has 1 saturated carbocycles. The molecule has 26 heavy (non-hydrogen) atoms. The Morgan fingerprint density at radius 1 is 1.35 bits per heavy atom. The number of aryl methyl sites for hydroxylation is 1. The number of aromatic amines is 2. The maximum atomic E-state index is 12.3. The van der Waals surface area contributed by atoms with Crippen LogP contribution in [0.5, 0.6) is 0 Å². The van der Waals surface area contributed by atoms with Gasteiger partial charge in [0.1, 0.15) is 0 Å². The number of nitriles is 1. The van der Waals surface area contributed by atoms with Crippen LogP contribution in [0, 0.1) is 30.1 Å². The van der Waals surface area contributed by atoms with Gasteiger partial charge in [0.05, 0.1) is 12.0 Å². The normalized spacial score (nSPS) is 23.6. The molecule has 0 aromatic carbocycles. The van der Waals surface area contributed by atoms with Gasteiger partial charge in [0.2, 0.25) is 11.5 Å². The van der Waals surface area contributed by atoms with E-state index in [-0.39, 0.29) is 17.4 Å². The van der Waals surface area contributed by atoms with Gasteiger partial charge >= 0.3 is 0 Å². The smallest absolute Gasteiger partial charge is 0.249 e. The predicted molar refractivity (Wildman–Crippen MR) is 96.5 cm³/mol. The van der Waals surface area contributed by atoms with E-state index in [0.717, 1.165) is 42.3 Å². The zero-order valence-corrected chi connectivity index (χ0v) is 14.9. The fourth-order valence-electron chi connectivity index (χ4n) is 4.38. The van der Waals surface area contributed by atoms with Gasteiger partial charge in [-0.05, 0) is 50.0 Å². The monoisotopic (exact) mass is 353 g/mol. The number of pyridine rings is 1. The zero-order valence-electron chi connectivity index (χ0n) is 14.9. The number of likely N-dealkylation sites (tertiary alicyclic amines) is 1. The Balaban J connectivity index is 1.40. The molecule has 1 aliphatic heterocycles. The van der Waals surface area contributed by atoms with E-state index < -0.39 is 0 Å². The average Bonchev–Trinajstić information content (AvgIpc) is 2.95. The summed E-state index contributed by atoms with van der Waals surface area (Å²) in [7, 11) is 0. The zero-order chi connectivity index (χ0) is 18.3. The molecule has 2 aromatic rings. The molecule has 3 heterocycles. The van der Waals surface area contributed by atoms with E-state index in [1.165, 1.54) is 0 Å². The van der Waals surface area contributed by atoms with Crippen molar-refractivity contribution in [1.29, 1.82) is 5.26 Å². The van der Waals surface area contributed by atoms with Crippen molar-refractivity contribution in [2.45, 2.75) is 44.9 Å². The van der Waals surface area contributed by atoms with Crippen molar-refractivity contribution in [2.24, 2.45) is 11.8 Å². The van der Waals surface area contributed by atoms with Gasteiger partial charge in [0, 0.05) is 36.7 Å². The third-order valence-electron chi connectivity index (χ3n) is 5.93. The Kier molecular flexibility index (Phi) is 4.27. The molecule has 1 amide bonds. The summed E-state index contributed by atoms with van der Waals surface area (Å²) >= 11 is 0. The van der Waals surface area contributed by atoms with E-state index in [4.69, 9.17) is 5.26 Å². The molecule has 7 nitrogen and oxygen atoms in total. The fourth-order valence-corrected chi connectivity index (χ4v) is 4.38.